The van der Waals surface area contributed by atoms with E-state index >= 15 is 0 Å². The Labute approximate surface area is 155 Å². The first kappa shape index (κ1) is 22.9. The molecular formula is C21H43NO3. The molecule has 4 heteroatoms. The van der Waals surface area contributed by atoms with E-state index in [2.05, 4.69) is 5.32 Å². The normalized spacial score (nSPS) is 18.4. The van der Waals surface area contributed by atoms with Crippen molar-refractivity contribution in [3.8, 4) is 0 Å². The maximum atomic E-state index is 9.60. The molecule has 0 saturated heterocycles. The van der Waals surface area contributed by atoms with Crippen LogP contribution in [0.3, 0.4) is 0 Å². The Hall–Kier alpha value is -0.160. The molecule has 0 amide bonds. The van der Waals surface area contributed by atoms with Gasteiger partial charge in [-0.2, -0.15) is 0 Å². The van der Waals surface area contributed by atoms with Crippen LogP contribution in [-0.4, -0.2) is 42.3 Å². The summed E-state index contributed by atoms with van der Waals surface area (Å²) in [7, 11) is 0. The Morgan fingerprint density at radius 1 is 0.920 bits per heavy atom. The summed E-state index contributed by atoms with van der Waals surface area (Å²) in [5, 5.41) is 21.4. The Kier molecular flexibility index (Phi) is 14.7. The molecule has 1 aliphatic rings. The monoisotopic (exact) mass is 357 g/mol. The minimum Gasteiger partial charge on any atom is -0.395 e. The van der Waals surface area contributed by atoms with Crippen LogP contribution in [0.25, 0.3) is 0 Å². The third-order valence-corrected chi connectivity index (χ3v) is 5.42. The van der Waals surface area contributed by atoms with E-state index in [-0.39, 0.29) is 12.8 Å². The van der Waals surface area contributed by atoms with Crippen molar-refractivity contribution in [3.05, 3.63) is 0 Å². The predicted octanol–water partition coefficient (Wildman–Crippen LogP) is 4.38. The van der Waals surface area contributed by atoms with Gasteiger partial charge in [0.2, 0.25) is 0 Å². The van der Waals surface area contributed by atoms with Crippen LogP contribution in [0.15, 0.2) is 0 Å². The first-order valence-corrected chi connectivity index (χ1v) is 10.9. The fourth-order valence-electron chi connectivity index (χ4n) is 3.86. The number of aliphatic hydroxyl groups excluding tert-OH is 2. The summed E-state index contributed by atoms with van der Waals surface area (Å²) in [4.78, 5) is 0. The van der Waals surface area contributed by atoms with Gasteiger partial charge in [-0.15, -0.1) is 0 Å². The molecular weight excluding hydrogens is 314 g/mol. The van der Waals surface area contributed by atoms with Crippen LogP contribution in [-0.2, 0) is 4.74 Å². The van der Waals surface area contributed by atoms with Gasteiger partial charge in [-0.1, -0.05) is 83.5 Å². The summed E-state index contributed by atoms with van der Waals surface area (Å²) in [6.07, 6.45) is 18.5. The lowest BCUT2D eigenvalue weighted by molar-refractivity contribution is -0.0507. The van der Waals surface area contributed by atoms with Crippen LogP contribution in [0.1, 0.15) is 96.8 Å². The quantitative estimate of drug-likeness (QED) is 0.283. The standard InChI is InChI=1S/C21H43NO3/c1-19(24)21(22-16-17-23)25-18-12-7-5-3-2-4-6-9-13-20-14-10-8-11-15-20/h19-24H,2-18H2,1H3. The lowest BCUT2D eigenvalue weighted by Gasteiger charge is -2.21. The summed E-state index contributed by atoms with van der Waals surface area (Å²) in [5.41, 5.74) is 0. The molecule has 0 bridgehead atoms. The number of rotatable bonds is 16. The maximum absolute atomic E-state index is 9.60. The first-order chi connectivity index (χ1) is 12.2. The van der Waals surface area contributed by atoms with Gasteiger partial charge in [0.25, 0.3) is 0 Å². The van der Waals surface area contributed by atoms with Gasteiger partial charge < -0.3 is 14.9 Å². The van der Waals surface area contributed by atoms with Crippen LogP contribution in [0.5, 0.6) is 0 Å². The van der Waals surface area contributed by atoms with Crippen molar-refractivity contribution in [2.75, 3.05) is 19.8 Å². The van der Waals surface area contributed by atoms with Crippen LogP contribution < -0.4 is 5.32 Å². The van der Waals surface area contributed by atoms with Gasteiger partial charge in [0.1, 0.15) is 6.23 Å². The number of nitrogens with one attached hydrogen (secondary N) is 1. The zero-order valence-electron chi connectivity index (χ0n) is 16.6. The average Bonchev–Trinajstić information content (AvgIpc) is 2.62. The highest BCUT2D eigenvalue weighted by Gasteiger charge is 2.14. The van der Waals surface area contributed by atoms with Crippen molar-refractivity contribution < 1.29 is 14.9 Å². The Bertz CT molecular complexity index is 280. The van der Waals surface area contributed by atoms with Crippen molar-refractivity contribution in [1.29, 1.82) is 0 Å². The number of ether oxygens (including phenoxy) is 1. The molecule has 2 unspecified atom stereocenters. The third kappa shape index (κ3) is 12.8. The van der Waals surface area contributed by atoms with E-state index in [1.54, 1.807) is 6.92 Å². The highest BCUT2D eigenvalue weighted by molar-refractivity contribution is 4.65. The maximum Gasteiger partial charge on any atom is 0.134 e. The Morgan fingerprint density at radius 3 is 2.12 bits per heavy atom. The second-order valence-corrected chi connectivity index (χ2v) is 7.83. The molecule has 1 saturated carbocycles. The zero-order valence-corrected chi connectivity index (χ0v) is 16.6. The molecule has 0 aliphatic heterocycles. The van der Waals surface area contributed by atoms with Crippen LogP contribution in [0, 0.1) is 5.92 Å². The van der Waals surface area contributed by atoms with E-state index in [0.717, 1.165) is 12.3 Å². The fraction of sp³-hybridized carbons (Fsp3) is 1.00. The molecule has 4 nitrogen and oxygen atoms in total. The minimum absolute atomic E-state index is 0.0627. The van der Waals surface area contributed by atoms with E-state index in [0.29, 0.717) is 13.2 Å². The van der Waals surface area contributed by atoms with Gasteiger partial charge >= 0.3 is 0 Å². The second kappa shape index (κ2) is 16.0. The zero-order chi connectivity index (χ0) is 18.2. The van der Waals surface area contributed by atoms with Crippen molar-refractivity contribution in [2.45, 2.75) is 109 Å². The van der Waals surface area contributed by atoms with Gasteiger partial charge in [-0.3, -0.25) is 5.32 Å². The fourth-order valence-corrected chi connectivity index (χ4v) is 3.86. The number of aliphatic hydroxyl groups is 2. The van der Waals surface area contributed by atoms with Gasteiger partial charge in [0, 0.05) is 13.2 Å². The third-order valence-electron chi connectivity index (χ3n) is 5.42. The summed E-state index contributed by atoms with van der Waals surface area (Å²) in [6.45, 7) is 2.91. The highest BCUT2D eigenvalue weighted by Crippen LogP contribution is 2.28. The second-order valence-electron chi connectivity index (χ2n) is 7.83. The molecule has 1 aliphatic carbocycles. The van der Waals surface area contributed by atoms with E-state index in [9.17, 15) is 5.11 Å². The van der Waals surface area contributed by atoms with E-state index in [1.165, 1.54) is 83.5 Å². The first-order valence-electron chi connectivity index (χ1n) is 10.9. The van der Waals surface area contributed by atoms with Gasteiger partial charge in [0.15, 0.2) is 0 Å². The Morgan fingerprint density at radius 2 is 1.52 bits per heavy atom. The molecule has 0 aromatic heterocycles. The molecule has 2 atom stereocenters. The molecule has 1 rings (SSSR count). The molecule has 1 fully saturated rings. The number of hydrogen-bond donors (Lipinski definition) is 3. The number of hydrogen-bond acceptors (Lipinski definition) is 4. The van der Waals surface area contributed by atoms with Crippen LogP contribution >= 0.6 is 0 Å². The lowest BCUT2D eigenvalue weighted by atomic mass is 9.85. The van der Waals surface area contributed by atoms with Gasteiger partial charge in [-0.05, 0) is 19.3 Å². The van der Waals surface area contributed by atoms with Crippen molar-refractivity contribution in [2.24, 2.45) is 5.92 Å². The molecule has 0 aromatic carbocycles. The molecule has 25 heavy (non-hydrogen) atoms. The average molecular weight is 358 g/mol. The predicted molar refractivity (Wildman–Crippen MR) is 105 cm³/mol. The van der Waals surface area contributed by atoms with E-state index < -0.39 is 6.10 Å². The summed E-state index contributed by atoms with van der Waals surface area (Å²) < 4.78 is 5.65. The van der Waals surface area contributed by atoms with Crippen LogP contribution in [0.2, 0.25) is 0 Å². The molecule has 0 heterocycles. The van der Waals surface area contributed by atoms with E-state index in [1.807, 2.05) is 0 Å². The largest absolute Gasteiger partial charge is 0.395 e. The summed E-state index contributed by atoms with van der Waals surface area (Å²) >= 11 is 0. The molecule has 0 radical (unpaired) electrons. The van der Waals surface area contributed by atoms with Gasteiger partial charge in [-0.25, -0.2) is 0 Å². The minimum atomic E-state index is -0.555. The molecule has 0 aromatic rings. The molecule has 0 spiro atoms. The van der Waals surface area contributed by atoms with Crippen molar-refractivity contribution in [3.63, 3.8) is 0 Å². The van der Waals surface area contributed by atoms with Crippen molar-refractivity contribution >= 4 is 0 Å². The Balaban J connectivity index is 1.81. The SMILES string of the molecule is CC(O)C(NCCO)OCCCCCCCCCCC1CCCCC1. The van der Waals surface area contributed by atoms with Gasteiger partial charge in [0.05, 0.1) is 12.7 Å². The molecule has 3 N–H and O–H groups in total. The number of unbranched alkanes of at least 4 members (excludes halogenated alkanes) is 7. The van der Waals surface area contributed by atoms with E-state index in [4.69, 9.17) is 9.84 Å². The van der Waals surface area contributed by atoms with Crippen molar-refractivity contribution in [1.82, 2.24) is 5.32 Å². The highest BCUT2D eigenvalue weighted by atomic mass is 16.5. The molecule has 150 valence electrons. The lowest BCUT2D eigenvalue weighted by Crippen LogP contribution is -2.42. The smallest absolute Gasteiger partial charge is 0.134 e. The summed E-state index contributed by atoms with van der Waals surface area (Å²) in [5.74, 6) is 1.05. The summed E-state index contributed by atoms with van der Waals surface area (Å²) in [6, 6.07) is 0. The van der Waals surface area contributed by atoms with Crippen LogP contribution in [0.4, 0.5) is 0 Å². The topological polar surface area (TPSA) is 61.7 Å².